The summed E-state index contributed by atoms with van der Waals surface area (Å²) in [5.74, 6) is -0.469. The maximum absolute atomic E-state index is 12.3. The highest BCUT2D eigenvalue weighted by Gasteiger charge is 2.16. The van der Waals surface area contributed by atoms with Crippen LogP contribution < -0.4 is 15.5 Å². The van der Waals surface area contributed by atoms with E-state index in [9.17, 15) is 9.59 Å². The lowest BCUT2D eigenvalue weighted by Crippen LogP contribution is -2.45. The van der Waals surface area contributed by atoms with Gasteiger partial charge in [0.25, 0.3) is 11.8 Å². The lowest BCUT2D eigenvalue weighted by atomic mass is 10.2. The molecule has 7 nitrogen and oxygen atoms in total. The van der Waals surface area contributed by atoms with Gasteiger partial charge in [-0.2, -0.15) is 5.10 Å². The SMILES string of the molecule is CC(C)n1cc(/C=N\NC(=O)[C@@H](C)NC(=O)COc2ccccc2Cl)c2ccccc21. The van der Waals surface area contributed by atoms with E-state index < -0.39 is 17.9 Å². The predicted octanol–water partition coefficient (Wildman–Crippen LogP) is 3.91. The molecule has 162 valence electrons. The van der Waals surface area contributed by atoms with Crippen molar-refractivity contribution in [1.82, 2.24) is 15.3 Å². The Balaban J connectivity index is 1.54. The van der Waals surface area contributed by atoms with Crippen LogP contribution in [0.25, 0.3) is 10.9 Å². The summed E-state index contributed by atoms with van der Waals surface area (Å²) in [5.41, 5.74) is 4.47. The number of hydrogen-bond donors (Lipinski definition) is 2. The molecule has 0 aliphatic heterocycles. The molecule has 0 spiro atoms. The molecule has 0 saturated heterocycles. The second kappa shape index (κ2) is 10.1. The molecule has 1 heterocycles. The highest BCUT2D eigenvalue weighted by Crippen LogP contribution is 2.24. The number of aromatic nitrogens is 1. The Morgan fingerprint density at radius 3 is 2.58 bits per heavy atom. The topological polar surface area (TPSA) is 84.7 Å². The number of rotatable bonds is 8. The summed E-state index contributed by atoms with van der Waals surface area (Å²) in [5, 5.41) is 8.09. The molecule has 3 rings (SSSR count). The van der Waals surface area contributed by atoms with E-state index in [1.807, 2.05) is 30.5 Å². The minimum absolute atomic E-state index is 0.251. The second-order valence-electron chi connectivity index (χ2n) is 7.35. The van der Waals surface area contributed by atoms with Gasteiger partial charge in [0.05, 0.1) is 11.2 Å². The number of carbonyl (C=O) groups excluding carboxylic acids is 2. The van der Waals surface area contributed by atoms with Gasteiger partial charge in [0.15, 0.2) is 6.61 Å². The molecule has 0 saturated carbocycles. The van der Waals surface area contributed by atoms with Gasteiger partial charge in [-0.3, -0.25) is 9.59 Å². The van der Waals surface area contributed by atoms with Crippen LogP contribution in [0.4, 0.5) is 0 Å². The monoisotopic (exact) mass is 440 g/mol. The van der Waals surface area contributed by atoms with Gasteiger partial charge in [-0.05, 0) is 39.0 Å². The second-order valence-corrected chi connectivity index (χ2v) is 7.75. The standard InChI is InChI=1S/C23H25ClN4O3/c1-15(2)28-13-17(18-8-4-6-10-20(18)28)12-25-27-23(30)16(3)26-22(29)14-31-21-11-7-5-9-19(21)24/h4-13,15-16H,14H2,1-3H3,(H,26,29)(H,27,30)/b25-12-/t16-/m1/s1. The third kappa shape index (κ3) is 5.64. The van der Waals surface area contributed by atoms with Crippen molar-refractivity contribution in [2.24, 2.45) is 5.10 Å². The maximum Gasteiger partial charge on any atom is 0.262 e. The van der Waals surface area contributed by atoms with Crippen LogP contribution >= 0.6 is 11.6 Å². The van der Waals surface area contributed by atoms with E-state index in [-0.39, 0.29) is 6.61 Å². The smallest absolute Gasteiger partial charge is 0.262 e. The number of para-hydroxylation sites is 2. The highest BCUT2D eigenvalue weighted by atomic mass is 35.5. The first-order valence-electron chi connectivity index (χ1n) is 9.96. The molecular weight excluding hydrogens is 416 g/mol. The Morgan fingerprint density at radius 1 is 1.13 bits per heavy atom. The van der Waals surface area contributed by atoms with E-state index in [2.05, 4.69) is 34.3 Å². The first kappa shape index (κ1) is 22.4. The lowest BCUT2D eigenvalue weighted by Gasteiger charge is -2.13. The summed E-state index contributed by atoms with van der Waals surface area (Å²) in [6.07, 6.45) is 3.61. The van der Waals surface area contributed by atoms with Crippen molar-refractivity contribution in [3.63, 3.8) is 0 Å². The number of halogens is 1. The first-order valence-corrected chi connectivity index (χ1v) is 10.3. The van der Waals surface area contributed by atoms with E-state index >= 15 is 0 Å². The van der Waals surface area contributed by atoms with Crippen molar-refractivity contribution < 1.29 is 14.3 Å². The minimum atomic E-state index is -0.781. The van der Waals surface area contributed by atoms with Crippen LogP contribution in [-0.2, 0) is 9.59 Å². The summed E-state index contributed by atoms with van der Waals surface area (Å²) in [4.78, 5) is 24.3. The number of amides is 2. The normalized spacial score (nSPS) is 12.3. The van der Waals surface area contributed by atoms with Crippen molar-refractivity contribution >= 4 is 40.5 Å². The molecule has 2 aromatic carbocycles. The molecule has 1 aromatic heterocycles. The molecular formula is C23H25ClN4O3. The summed E-state index contributed by atoms with van der Waals surface area (Å²) in [7, 11) is 0. The van der Waals surface area contributed by atoms with Gasteiger partial charge in [-0.15, -0.1) is 0 Å². The quantitative estimate of drug-likeness (QED) is 0.411. The molecule has 2 amide bonds. The molecule has 0 fully saturated rings. The minimum Gasteiger partial charge on any atom is -0.482 e. The zero-order valence-electron chi connectivity index (χ0n) is 17.6. The molecule has 0 bridgehead atoms. The highest BCUT2D eigenvalue weighted by molar-refractivity contribution is 6.32. The molecule has 1 atom stereocenters. The largest absolute Gasteiger partial charge is 0.482 e. The third-order valence-corrected chi connectivity index (χ3v) is 4.98. The zero-order chi connectivity index (χ0) is 22.4. The summed E-state index contributed by atoms with van der Waals surface area (Å²) in [6.45, 7) is 5.53. The van der Waals surface area contributed by atoms with Crippen molar-refractivity contribution in [2.75, 3.05) is 6.61 Å². The number of hydrogen-bond acceptors (Lipinski definition) is 4. The van der Waals surface area contributed by atoms with Gasteiger partial charge < -0.3 is 14.6 Å². The van der Waals surface area contributed by atoms with Crippen LogP contribution in [0.5, 0.6) is 5.75 Å². The molecule has 8 heteroatoms. The zero-order valence-corrected chi connectivity index (χ0v) is 18.4. The van der Waals surface area contributed by atoms with Crippen molar-refractivity contribution in [1.29, 1.82) is 0 Å². The molecule has 31 heavy (non-hydrogen) atoms. The van der Waals surface area contributed by atoms with E-state index in [1.165, 1.54) is 0 Å². The van der Waals surface area contributed by atoms with Crippen molar-refractivity contribution in [3.8, 4) is 5.75 Å². The van der Waals surface area contributed by atoms with Gasteiger partial charge in [0.2, 0.25) is 0 Å². The Kier molecular flexibility index (Phi) is 7.31. The van der Waals surface area contributed by atoms with Crippen molar-refractivity contribution in [2.45, 2.75) is 32.9 Å². The van der Waals surface area contributed by atoms with E-state index in [4.69, 9.17) is 16.3 Å². The fourth-order valence-electron chi connectivity index (χ4n) is 3.08. The molecule has 0 unspecified atom stereocenters. The third-order valence-electron chi connectivity index (χ3n) is 4.67. The fourth-order valence-corrected chi connectivity index (χ4v) is 3.27. The number of carbonyl (C=O) groups is 2. The predicted molar refractivity (Wildman–Crippen MR) is 123 cm³/mol. The lowest BCUT2D eigenvalue weighted by molar-refractivity contribution is -0.129. The number of nitrogens with zero attached hydrogens (tertiary/aromatic N) is 2. The number of nitrogens with one attached hydrogen (secondary N) is 2. The average Bonchev–Trinajstić information content (AvgIpc) is 3.12. The van der Waals surface area contributed by atoms with Crippen molar-refractivity contribution in [3.05, 3.63) is 65.3 Å². The molecule has 2 N–H and O–H groups in total. The fraction of sp³-hybridized carbons (Fsp3) is 0.261. The van der Waals surface area contributed by atoms with E-state index in [1.54, 1.807) is 37.4 Å². The molecule has 3 aromatic rings. The average molecular weight is 441 g/mol. The molecule has 0 aliphatic carbocycles. The van der Waals surface area contributed by atoms with Crippen LogP contribution in [0, 0.1) is 0 Å². The first-order chi connectivity index (χ1) is 14.9. The molecule has 0 radical (unpaired) electrons. The van der Waals surface area contributed by atoms with Gasteiger partial charge in [-0.25, -0.2) is 5.43 Å². The van der Waals surface area contributed by atoms with Gasteiger partial charge >= 0.3 is 0 Å². The number of ether oxygens (including phenoxy) is 1. The Hall–Kier alpha value is -3.32. The van der Waals surface area contributed by atoms with Crippen LogP contribution in [0.1, 0.15) is 32.4 Å². The summed E-state index contributed by atoms with van der Waals surface area (Å²) in [6, 6.07) is 14.4. The number of benzene rings is 2. The Labute approximate surface area is 186 Å². The summed E-state index contributed by atoms with van der Waals surface area (Å²) >= 11 is 5.99. The van der Waals surface area contributed by atoms with Crippen LogP contribution in [-0.4, -0.2) is 35.2 Å². The van der Waals surface area contributed by atoms with Gasteiger partial charge in [-0.1, -0.05) is 41.9 Å². The van der Waals surface area contributed by atoms with E-state index in [0.29, 0.717) is 16.8 Å². The maximum atomic E-state index is 12.3. The number of hydrazone groups is 1. The van der Waals surface area contributed by atoms with Gasteiger partial charge in [0, 0.05) is 28.7 Å². The van der Waals surface area contributed by atoms with Gasteiger partial charge in [0.1, 0.15) is 11.8 Å². The van der Waals surface area contributed by atoms with Crippen LogP contribution in [0.3, 0.4) is 0 Å². The molecule has 0 aliphatic rings. The van der Waals surface area contributed by atoms with Crippen LogP contribution in [0.15, 0.2) is 59.8 Å². The van der Waals surface area contributed by atoms with E-state index in [0.717, 1.165) is 16.5 Å². The Bertz CT molecular complexity index is 1110. The number of fused-ring (bicyclic) bond motifs is 1. The summed E-state index contributed by atoms with van der Waals surface area (Å²) < 4.78 is 7.53. The van der Waals surface area contributed by atoms with Crippen LogP contribution in [0.2, 0.25) is 5.02 Å². The Morgan fingerprint density at radius 2 is 1.84 bits per heavy atom.